The number of urea groups is 1. The molecule has 3 amide bonds. The number of thiazole rings is 1. The summed E-state index contributed by atoms with van der Waals surface area (Å²) in [6.07, 6.45) is 3.60. The first-order chi connectivity index (χ1) is 17.9. The van der Waals surface area contributed by atoms with Gasteiger partial charge in [-0.2, -0.15) is 15.0 Å². The smallest absolute Gasteiger partial charge is 0.327 e. The van der Waals surface area contributed by atoms with Crippen molar-refractivity contribution in [2.45, 2.75) is 31.8 Å². The average Bonchev–Trinajstić information content (AvgIpc) is 3.57. The van der Waals surface area contributed by atoms with E-state index in [-0.39, 0.29) is 30.0 Å². The maximum absolute atomic E-state index is 12.7. The quantitative estimate of drug-likeness (QED) is 0.478. The molecule has 1 unspecified atom stereocenters. The van der Waals surface area contributed by atoms with Crippen LogP contribution in [0.2, 0.25) is 0 Å². The summed E-state index contributed by atoms with van der Waals surface area (Å²) in [6, 6.07) is 6.99. The van der Waals surface area contributed by atoms with Crippen LogP contribution in [0.1, 0.15) is 30.1 Å². The minimum Gasteiger partial charge on any atom is -0.423 e. The predicted molar refractivity (Wildman–Crippen MR) is 138 cm³/mol. The summed E-state index contributed by atoms with van der Waals surface area (Å²) in [5, 5.41) is 6.06. The Morgan fingerprint density at radius 2 is 2.00 bits per heavy atom. The molecular formula is C24H28N8O4S. The number of benzene rings is 1. The molecule has 5 rings (SSSR count). The van der Waals surface area contributed by atoms with E-state index in [9.17, 15) is 9.59 Å². The van der Waals surface area contributed by atoms with Crippen LogP contribution < -0.4 is 20.3 Å². The largest absolute Gasteiger partial charge is 0.423 e. The van der Waals surface area contributed by atoms with Gasteiger partial charge >= 0.3 is 12.0 Å². The molecule has 2 aliphatic rings. The van der Waals surface area contributed by atoms with Gasteiger partial charge in [-0.25, -0.2) is 9.78 Å². The number of rotatable bonds is 7. The van der Waals surface area contributed by atoms with Crippen molar-refractivity contribution >= 4 is 34.4 Å². The number of nitrogens with zero attached hydrogens (tertiary/aromatic N) is 6. The molecule has 3 heterocycles. The lowest BCUT2D eigenvalue weighted by molar-refractivity contribution is 0.0825. The van der Waals surface area contributed by atoms with Crippen molar-refractivity contribution < 1.29 is 19.1 Å². The van der Waals surface area contributed by atoms with Gasteiger partial charge in [-0.05, 0) is 31.9 Å². The summed E-state index contributed by atoms with van der Waals surface area (Å²) in [5.74, 6) is 0.919. The van der Waals surface area contributed by atoms with E-state index in [1.807, 2.05) is 11.8 Å². The van der Waals surface area contributed by atoms with Crippen LogP contribution in [-0.4, -0.2) is 82.7 Å². The normalized spacial score (nSPS) is 17.3. The average molecular weight is 525 g/mol. The zero-order valence-corrected chi connectivity index (χ0v) is 21.6. The van der Waals surface area contributed by atoms with Crippen LogP contribution in [0.25, 0.3) is 10.7 Å². The van der Waals surface area contributed by atoms with Crippen molar-refractivity contribution in [3.05, 3.63) is 36.0 Å². The third-order valence-electron chi connectivity index (χ3n) is 5.81. The number of nitrogens with one attached hydrogen (secondary N) is 2. The summed E-state index contributed by atoms with van der Waals surface area (Å²) in [7, 11) is 3.36. The van der Waals surface area contributed by atoms with Gasteiger partial charge in [-0.3, -0.25) is 10.1 Å². The number of carbonyl (C=O) groups is 2. The second-order valence-electron chi connectivity index (χ2n) is 9.06. The first-order valence-corrected chi connectivity index (χ1v) is 12.8. The number of hydrogen-bond acceptors (Lipinski definition) is 10. The summed E-state index contributed by atoms with van der Waals surface area (Å²) < 4.78 is 11.6. The molecule has 37 heavy (non-hydrogen) atoms. The Kier molecular flexibility index (Phi) is 7.15. The van der Waals surface area contributed by atoms with Crippen molar-refractivity contribution in [3.63, 3.8) is 0 Å². The molecule has 1 aliphatic carbocycles. The van der Waals surface area contributed by atoms with Gasteiger partial charge in [0, 0.05) is 26.7 Å². The van der Waals surface area contributed by atoms with Gasteiger partial charge in [0.05, 0.1) is 35.9 Å². The Balaban J connectivity index is 1.47. The Morgan fingerprint density at radius 3 is 2.76 bits per heavy atom. The van der Waals surface area contributed by atoms with Crippen LogP contribution in [0.4, 0.5) is 15.9 Å². The molecule has 3 aromatic rings. The number of ether oxygens (including phenoxy) is 2. The second-order valence-corrected chi connectivity index (χ2v) is 10.1. The van der Waals surface area contributed by atoms with E-state index in [0.29, 0.717) is 52.9 Å². The number of anilines is 2. The minimum atomic E-state index is -0.284. The van der Waals surface area contributed by atoms with Crippen LogP contribution in [-0.2, 0) is 4.74 Å². The third kappa shape index (κ3) is 5.94. The van der Waals surface area contributed by atoms with Gasteiger partial charge < -0.3 is 24.6 Å². The molecule has 2 N–H and O–H groups in total. The van der Waals surface area contributed by atoms with Gasteiger partial charge in [0.2, 0.25) is 5.95 Å². The highest BCUT2D eigenvalue weighted by molar-refractivity contribution is 7.19. The molecule has 1 saturated carbocycles. The van der Waals surface area contributed by atoms with Crippen LogP contribution in [0.5, 0.6) is 11.8 Å². The molecule has 1 atom stereocenters. The number of amides is 3. The maximum Gasteiger partial charge on any atom is 0.327 e. The first-order valence-electron chi connectivity index (χ1n) is 12.0. The number of carbonyl (C=O) groups excluding carboxylic acids is 2. The van der Waals surface area contributed by atoms with Crippen LogP contribution in [0.3, 0.4) is 0 Å². The summed E-state index contributed by atoms with van der Waals surface area (Å²) in [6.45, 7) is 3.73. The Hall–Kier alpha value is -3.84. The van der Waals surface area contributed by atoms with Gasteiger partial charge in [0.15, 0.2) is 11.0 Å². The fraction of sp³-hybridized carbons (Fsp3) is 0.417. The predicted octanol–water partition coefficient (Wildman–Crippen LogP) is 3.00. The molecular weight excluding hydrogens is 496 g/mol. The third-order valence-corrected chi connectivity index (χ3v) is 6.72. The van der Waals surface area contributed by atoms with Crippen molar-refractivity contribution in [3.8, 4) is 22.5 Å². The molecule has 194 valence electrons. The maximum atomic E-state index is 12.7. The van der Waals surface area contributed by atoms with E-state index in [2.05, 4.69) is 25.6 Å². The lowest BCUT2D eigenvalue weighted by Crippen LogP contribution is -2.44. The Bertz CT molecular complexity index is 1300. The molecule has 1 aromatic carbocycles. The lowest BCUT2D eigenvalue weighted by Gasteiger charge is -2.33. The van der Waals surface area contributed by atoms with E-state index in [1.54, 1.807) is 44.6 Å². The fourth-order valence-corrected chi connectivity index (χ4v) is 4.45. The SMILES string of the molecule is CC1COCCN1c1nc(Oc2ccccc2C(=O)N(C)C)nc(-c2cnc(NC(=O)NC3CC3)s2)n1. The van der Waals surface area contributed by atoms with Gasteiger partial charge in [0.25, 0.3) is 5.91 Å². The van der Waals surface area contributed by atoms with Gasteiger partial charge in [-0.1, -0.05) is 23.5 Å². The Labute approximate surface area is 218 Å². The first kappa shape index (κ1) is 24.8. The van der Waals surface area contributed by atoms with E-state index >= 15 is 0 Å². The monoisotopic (exact) mass is 524 g/mol. The molecule has 2 aromatic heterocycles. The van der Waals surface area contributed by atoms with E-state index in [1.165, 1.54) is 16.2 Å². The second kappa shape index (κ2) is 10.6. The molecule has 13 heteroatoms. The number of aromatic nitrogens is 4. The van der Waals surface area contributed by atoms with Crippen molar-refractivity contribution in [2.24, 2.45) is 0 Å². The summed E-state index contributed by atoms with van der Waals surface area (Å²) >= 11 is 1.25. The fourth-order valence-electron chi connectivity index (χ4n) is 3.71. The van der Waals surface area contributed by atoms with Crippen molar-refractivity contribution in [1.29, 1.82) is 0 Å². The standard InChI is InChI=1S/C24H28N8O4S/c1-14-13-35-11-10-32(14)21-27-19(18-12-25-24(37-18)30-22(34)26-15-8-9-15)28-23(29-21)36-17-7-5-4-6-16(17)20(33)31(2)3/h4-7,12,14-15H,8-11,13H2,1-3H3,(H2,25,26,30,34). The van der Waals surface area contributed by atoms with Gasteiger partial charge in [0.1, 0.15) is 5.75 Å². The number of para-hydroxylation sites is 1. The highest BCUT2D eigenvalue weighted by atomic mass is 32.1. The molecule has 0 bridgehead atoms. The lowest BCUT2D eigenvalue weighted by atomic mass is 10.2. The van der Waals surface area contributed by atoms with E-state index < -0.39 is 0 Å². The summed E-state index contributed by atoms with van der Waals surface area (Å²) in [5.41, 5.74) is 0.390. The van der Waals surface area contributed by atoms with Crippen LogP contribution in [0.15, 0.2) is 30.5 Å². The zero-order valence-electron chi connectivity index (χ0n) is 20.8. The van der Waals surface area contributed by atoms with Crippen molar-refractivity contribution in [2.75, 3.05) is 44.1 Å². The number of morpholine rings is 1. The highest BCUT2D eigenvalue weighted by Crippen LogP contribution is 2.31. The highest BCUT2D eigenvalue weighted by Gasteiger charge is 2.26. The Morgan fingerprint density at radius 1 is 1.19 bits per heavy atom. The van der Waals surface area contributed by atoms with E-state index in [4.69, 9.17) is 14.5 Å². The molecule has 2 fully saturated rings. The van der Waals surface area contributed by atoms with Crippen molar-refractivity contribution in [1.82, 2.24) is 30.2 Å². The minimum absolute atomic E-state index is 0.0456. The molecule has 0 radical (unpaired) electrons. The van der Waals surface area contributed by atoms with E-state index in [0.717, 1.165) is 12.8 Å². The topological polar surface area (TPSA) is 135 Å². The molecule has 0 spiro atoms. The number of hydrogen-bond donors (Lipinski definition) is 2. The van der Waals surface area contributed by atoms with Gasteiger partial charge in [-0.15, -0.1) is 0 Å². The van der Waals surface area contributed by atoms with Crippen LogP contribution >= 0.6 is 11.3 Å². The zero-order chi connectivity index (χ0) is 25.9. The molecule has 1 saturated heterocycles. The summed E-state index contributed by atoms with van der Waals surface area (Å²) in [4.78, 5) is 47.1. The molecule has 12 nitrogen and oxygen atoms in total. The molecule has 1 aliphatic heterocycles. The van der Waals surface area contributed by atoms with Crippen LogP contribution in [0, 0.1) is 0 Å².